The van der Waals surface area contributed by atoms with Crippen LogP contribution in [-0.4, -0.2) is 21.8 Å². The molecule has 0 amide bonds. The molecule has 2 aromatic carbocycles. The van der Waals surface area contributed by atoms with Crippen LogP contribution >= 0.6 is 0 Å². The number of carboxylic acids is 1. The third-order valence-electron chi connectivity index (χ3n) is 4.12. The Labute approximate surface area is 166 Å². The molecule has 0 aliphatic rings. The highest BCUT2D eigenvalue weighted by molar-refractivity contribution is 5.86. The quantitative estimate of drug-likeness (QED) is 0.353. The molecule has 0 heterocycles. The number of carbonyl (C=O) groups is 1. The zero-order chi connectivity index (χ0) is 20.6. The van der Waals surface area contributed by atoms with E-state index in [-0.39, 0.29) is 5.60 Å². The van der Waals surface area contributed by atoms with Gasteiger partial charge in [0.15, 0.2) is 0 Å². The first kappa shape index (κ1) is 21.0. The smallest absolute Gasteiger partial charge is 0.331 e. The minimum Gasteiger partial charge on any atom is -0.516 e. The lowest BCUT2D eigenvalue weighted by atomic mass is 9.97. The molecule has 0 aliphatic heterocycles. The average molecular weight is 378 g/mol. The molecule has 0 saturated carbocycles. The number of hydrogen-bond acceptors (Lipinski definition) is 3. The Morgan fingerprint density at radius 2 is 1.57 bits per heavy atom. The maximum Gasteiger partial charge on any atom is 0.331 e. The molecule has 28 heavy (non-hydrogen) atoms. The van der Waals surface area contributed by atoms with Gasteiger partial charge in [0.2, 0.25) is 0 Å². The van der Waals surface area contributed by atoms with Gasteiger partial charge in [-0.25, -0.2) is 4.79 Å². The summed E-state index contributed by atoms with van der Waals surface area (Å²) in [5.41, 5.74) is 2.97. The van der Waals surface area contributed by atoms with Gasteiger partial charge >= 0.3 is 5.97 Å². The van der Waals surface area contributed by atoms with E-state index < -0.39 is 5.97 Å². The average Bonchev–Trinajstić information content (AvgIpc) is 2.64. The molecule has 2 rings (SSSR count). The number of hydrogen-bond donors (Lipinski definition) is 2. The molecule has 0 saturated heterocycles. The first-order valence-electron chi connectivity index (χ1n) is 9.06. The zero-order valence-electron chi connectivity index (χ0n) is 16.4. The minimum atomic E-state index is -0.921. The lowest BCUT2D eigenvalue weighted by Gasteiger charge is -2.27. The maximum atomic E-state index is 10.8. The van der Waals surface area contributed by atoms with Gasteiger partial charge in [-0.2, -0.15) is 0 Å². The molecule has 2 N–H and O–H groups in total. The lowest BCUT2D eigenvalue weighted by molar-refractivity contribution is -0.132. The Bertz CT molecular complexity index is 870. The van der Waals surface area contributed by atoms with Crippen molar-refractivity contribution in [2.45, 2.75) is 32.8 Å². The molecule has 0 bridgehead atoms. The number of ether oxygens (including phenoxy) is 1. The predicted molar refractivity (Wildman–Crippen MR) is 113 cm³/mol. The summed E-state index contributed by atoms with van der Waals surface area (Å²) in [6.45, 7) is 5.65. The molecule has 0 aromatic heterocycles. The van der Waals surface area contributed by atoms with E-state index in [9.17, 15) is 4.79 Å². The second-order valence-corrected chi connectivity index (χ2v) is 7.18. The van der Waals surface area contributed by atoms with Gasteiger partial charge in [-0.1, -0.05) is 54.6 Å². The number of aliphatic hydroxyl groups excluding tert-OH is 1. The number of benzene rings is 2. The van der Waals surface area contributed by atoms with Gasteiger partial charge in [-0.3, -0.25) is 0 Å². The van der Waals surface area contributed by atoms with Gasteiger partial charge in [0.25, 0.3) is 0 Å². The van der Waals surface area contributed by atoms with Crippen molar-refractivity contribution in [3.05, 3.63) is 89.2 Å². The molecular formula is C24H26O4. The monoisotopic (exact) mass is 378 g/mol. The van der Waals surface area contributed by atoms with Crippen LogP contribution in [0.2, 0.25) is 0 Å². The van der Waals surface area contributed by atoms with Crippen molar-refractivity contribution >= 4 is 18.1 Å². The van der Waals surface area contributed by atoms with Crippen LogP contribution < -0.4 is 4.74 Å². The van der Waals surface area contributed by atoms with Gasteiger partial charge in [-0.05, 0) is 55.7 Å². The fourth-order valence-electron chi connectivity index (χ4n) is 2.70. The maximum absolute atomic E-state index is 10.8. The number of allylic oxidation sites excluding steroid dienone is 2. The van der Waals surface area contributed by atoms with Crippen LogP contribution in [0, 0.1) is 0 Å². The summed E-state index contributed by atoms with van der Waals surface area (Å²) in [5, 5.41) is 17.7. The minimum absolute atomic E-state index is 0.290. The summed E-state index contributed by atoms with van der Waals surface area (Å²) in [5.74, 6) is -0.144. The molecule has 4 nitrogen and oxygen atoms in total. The van der Waals surface area contributed by atoms with Gasteiger partial charge in [0.1, 0.15) is 11.4 Å². The molecule has 2 aromatic rings. The Balaban J connectivity index is 1.98. The van der Waals surface area contributed by atoms with Crippen LogP contribution in [-0.2, 0) is 11.2 Å². The second kappa shape index (κ2) is 9.60. The highest BCUT2D eigenvalue weighted by Crippen LogP contribution is 2.23. The number of aliphatic hydroxyl groups is 1. The van der Waals surface area contributed by atoms with Gasteiger partial charge in [0.05, 0.1) is 6.26 Å². The Hall–Kier alpha value is -3.27. The third-order valence-corrected chi connectivity index (χ3v) is 4.12. The first-order chi connectivity index (χ1) is 13.3. The molecular weight excluding hydrogens is 352 g/mol. The normalized spacial score (nSPS) is 12.6. The van der Waals surface area contributed by atoms with Gasteiger partial charge in [-0.15, -0.1) is 0 Å². The SMILES string of the molecule is CC(=CC=Cc1ccc(OC(C)(C)Cc2ccc(C=CO)cc2)cc1)C(=O)O. The lowest BCUT2D eigenvalue weighted by Crippen LogP contribution is -2.30. The van der Waals surface area contributed by atoms with Crippen molar-refractivity contribution in [1.82, 2.24) is 0 Å². The van der Waals surface area contributed by atoms with Crippen molar-refractivity contribution < 1.29 is 19.7 Å². The summed E-state index contributed by atoms with van der Waals surface area (Å²) in [6, 6.07) is 15.7. The topological polar surface area (TPSA) is 66.8 Å². The van der Waals surface area contributed by atoms with Crippen LogP contribution in [0.25, 0.3) is 12.2 Å². The molecule has 146 valence electrons. The van der Waals surface area contributed by atoms with E-state index >= 15 is 0 Å². The number of carboxylic acid groups (broad SMARTS) is 1. The van der Waals surface area contributed by atoms with E-state index in [1.165, 1.54) is 0 Å². The van der Waals surface area contributed by atoms with Crippen LogP contribution in [0.4, 0.5) is 0 Å². The summed E-state index contributed by atoms with van der Waals surface area (Å²) in [6.07, 6.45) is 8.56. The highest BCUT2D eigenvalue weighted by Gasteiger charge is 2.20. The van der Waals surface area contributed by atoms with Gasteiger partial charge < -0.3 is 14.9 Å². The van der Waals surface area contributed by atoms with Crippen molar-refractivity contribution in [1.29, 1.82) is 0 Å². The zero-order valence-corrected chi connectivity index (χ0v) is 16.4. The number of aliphatic carboxylic acids is 1. The van der Waals surface area contributed by atoms with Crippen molar-refractivity contribution in [3.8, 4) is 5.75 Å². The van der Waals surface area contributed by atoms with Crippen molar-refractivity contribution in [2.24, 2.45) is 0 Å². The van der Waals surface area contributed by atoms with E-state index in [1.54, 1.807) is 25.2 Å². The van der Waals surface area contributed by atoms with Crippen LogP contribution in [0.5, 0.6) is 5.75 Å². The molecule has 0 aliphatic carbocycles. The molecule has 0 fully saturated rings. The summed E-state index contributed by atoms with van der Waals surface area (Å²) in [7, 11) is 0. The largest absolute Gasteiger partial charge is 0.516 e. The van der Waals surface area contributed by atoms with Crippen LogP contribution in [0.15, 0.2) is 72.5 Å². The Morgan fingerprint density at radius 1 is 1.00 bits per heavy atom. The first-order valence-corrected chi connectivity index (χ1v) is 9.06. The predicted octanol–water partition coefficient (Wildman–Crippen LogP) is 5.66. The fraction of sp³-hybridized carbons (Fsp3) is 0.208. The summed E-state index contributed by atoms with van der Waals surface area (Å²) in [4.78, 5) is 10.8. The highest BCUT2D eigenvalue weighted by atomic mass is 16.5. The molecule has 0 atom stereocenters. The standard InChI is InChI=1S/C24H26O4/c1-18(23(26)27)5-4-6-19-11-13-22(14-12-19)28-24(2,3)17-21-9-7-20(8-10-21)15-16-25/h4-16,25H,17H2,1-3H3,(H,26,27). The number of rotatable bonds is 8. The van der Waals surface area contributed by atoms with Crippen molar-refractivity contribution in [2.75, 3.05) is 0 Å². The van der Waals surface area contributed by atoms with E-state index in [2.05, 4.69) is 0 Å². The third kappa shape index (κ3) is 6.80. The van der Waals surface area contributed by atoms with Crippen LogP contribution in [0.3, 0.4) is 0 Å². The molecule has 4 heteroatoms. The van der Waals surface area contributed by atoms with E-state index in [0.717, 1.165) is 35.1 Å². The van der Waals surface area contributed by atoms with E-state index in [1.807, 2.05) is 68.5 Å². The van der Waals surface area contributed by atoms with Crippen LogP contribution in [0.1, 0.15) is 37.5 Å². The molecule has 0 radical (unpaired) electrons. The fourth-order valence-corrected chi connectivity index (χ4v) is 2.70. The van der Waals surface area contributed by atoms with E-state index in [4.69, 9.17) is 14.9 Å². The van der Waals surface area contributed by atoms with Gasteiger partial charge in [0, 0.05) is 12.0 Å². The molecule has 0 unspecified atom stereocenters. The Morgan fingerprint density at radius 3 is 2.14 bits per heavy atom. The van der Waals surface area contributed by atoms with E-state index in [0.29, 0.717) is 5.57 Å². The summed E-state index contributed by atoms with van der Waals surface area (Å²) >= 11 is 0. The Kier molecular flexibility index (Phi) is 7.21. The summed E-state index contributed by atoms with van der Waals surface area (Å²) < 4.78 is 6.14. The second-order valence-electron chi connectivity index (χ2n) is 7.18. The van der Waals surface area contributed by atoms with Crippen molar-refractivity contribution in [3.63, 3.8) is 0 Å². The molecule has 0 spiro atoms.